The van der Waals surface area contributed by atoms with E-state index in [1.807, 2.05) is 0 Å². The Morgan fingerprint density at radius 1 is 1.14 bits per heavy atom. The molecular weight excluding hydrogens is 313 g/mol. The van der Waals surface area contributed by atoms with Crippen LogP contribution in [-0.2, 0) is 18.4 Å². The summed E-state index contributed by atoms with van der Waals surface area (Å²) in [6.07, 6.45) is -1.19. The second kappa shape index (κ2) is 8.47. The highest BCUT2D eigenvalue weighted by Gasteiger charge is 2.33. The standard InChI is InChI=1S/C12H24N3O6P/c1-3-20-22(19,21-4-2)9-10(13)11(16)14-5-7-15(8-6-14)12(17)18/h10H,3-9,13H2,1-2H3,(H,17,18). The summed E-state index contributed by atoms with van der Waals surface area (Å²) in [7, 11) is -3.39. The second-order valence-electron chi connectivity index (χ2n) is 4.83. The van der Waals surface area contributed by atoms with Crippen LogP contribution >= 0.6 is 7.60 Å². The molecule has 0 bridgehead atoms. The minimum absolute atomic E-state index is 0.188. The fourth-order valence-electron chi connectivity index (χ4n) is 2.21. The zero-order valence-corrected chi connectivity index (χ0v) is 13.8. The molecule has 0 aromatic heterocycles. The van der Waals surface area contributed by atoms with Gasteiger partial charge in [-0.1, -0.05) is 0 Å². The number of hydrogen-bond acceptors (Lipinski definition) is 6. The molecule has 128 valence electrons. The number of carboxylic acid groups (broad SMARTS) is 1. The number of carbonyl (C=O) groups excluding carboxylic acids is 1. The number of hydrogen-bond donors (Lipinski definition) is 2. The Kier molecular flexibility index (Phi) is 7.28. The fourth-order valence-corrected chi connectivity index (χ4v) is 3.92. The Balaban J connectivity index is 2.58. The third kappa shape index (κ3) is 5.24. The van der Waals surface area contributed by atoms with E-state index in [4.69, 9.17) is 19.9 Å². The third-order valence-corrected chi connectivity index (χ3v) is 5.39. The third-order valence-electron chi connectivity index (χ3n) is 3.25. The zero-order chi connectivity index (χ0) is 16.8. The van der Waals surface area contributed by atoms with Crippen molar-refractivity contribution in [1.29, 1.82) is 0 Å². The Morgan fingerprint density at radius 2 is 1.59 bits per heavy atom. The van der Waals surface area contributed by atoms with E-state index in [1.54, 1.807) is 13.8 Å². The Labute approximate surface area is 129 Å². The van der Waals surface area contributed by atoms with Crippen molar-refractivity contribution in [2.24, 2.45) is 5.73 Å². The summed E-state index contributed by atoms with van der Waals surface area (Å²) in [5.41, 5.74) is 5.84. The minimum Gasteiger partial charge on any atom is -0.465 e. The van der Waals surface area contributed by atoms with E-state index in [-0.39, 0.29) is 51.5 Å². The van der Waals surface area contributed by atoms with Gasteiger partial charge in [-0.15, -0.1) is 0 Å². The summed E-state index contributed by atoms with van der Waals surface area (Å²) >= 11 is 0. The number of rotatable bonds is 7. The van der Waals surface area contributed by atoms with Gasteiger partial charge in [0, 0.05) is 26.2 Å². The Bertz CT molecular complexity index is 429. The van der Waals surface area contributed by atoms with Gasteiger partial charge in [0.15, 0.2) is 0 Å². The van der Waals surface area contributed by atoms with Gasteiger partial charge in [0.2, 0.25) is 5.91 Å². The normalized spacial score (nSPS) is 17.4. The number of nitrogens with zero attached hydrogens (tertiary/aromatic N) is 2. The van der Waals surface area contributed by atoms with Gasteiger partial charge in [-0.25, -0.2) is 4.79 Å². The molecule has 1 aliphatic heterocycles. The average molecular weight is 337 g/mol. The molecule has 0 saturated carbocycles. The van der Waals surface area contributed by atoms with Gasteiger partial charge in [-0.2, -0.15) is 0 Å². The van der Waals surface area contributed by atoms with Crippen molar-refractivity contribution in [3.8, 4) is 0 Å². The van der Waals surface area contributed by atoms with Gasteiger partial charge >= 0.3 is 13.7 Å². The maximum absolute atomic E-state index is 12.4. The molecule has 1 atom stereocenters. The number of amides is 2. The first kappa shape index (κ1) is 18.9. The van der Waals surface area contributed by atoms with Crippen LogP contribution in [0, 0.1) is 0 Å². The van der Waals surface area contributed by atoms with Crippen molar-refractivity contribution in [2.75, 3.05) is 45.6 Å². The van der Waals surface area contributed by atoms with Crippen molar-refractivity contribution < 1.29 is 28.3 Å². The van der Waals surface area contributed by atoms with Crippen molar-refractivity contribution in [2.45, 2.75) is 19.9 Å². The van der Waals surface area contributed by atoms with E-state index in [1.165, 1.54) is 9.80 Å². The molecule has 1 heterocycles. The largest absolute Gasteiger partial charge is 0.465 e. The molecule has 1 rings (SSSR count). The van der Waals surface area contributed by atoms with Gasteiger partial charge in [0.25, 0.3) is 0 Å². The first-order valence-corrected chi connectivity index (χ1v) is 8.96. The van der Waals surface area contributed by atoms with E-state index in [9.17, 15) is 14.2 Å². The van der Waals surface area contributed by atoms with Crippen molar-refractivity contribution in [3.63, 3.8) is 0 Å². The highest BCUT2D eigenvalue weighted by atomic mass is 31.2. The second-order valence-corrected chi connectivity index (χ2v) is 6.93. The van der Waals surface area contributed by atoms with Crippen LogP contribution in [0.4, 0.5) is 4.79 Å². The smallest absolute Gasteiger partial charge is 0.407 e. The summed E-state index contributed by atoms with van der Waals surface area (Å²) in [5.74, 6) is -0.371. The van der Waals surface area contributed by atoms with E-state index in [0.29, 0.717) is 0 Å². The highest BCUT2D eigenvalue weighted by Crippen LogP contribution is 2.48. The molecule has 0 radical (unpaired) electrons. The van der Waals surface area contributed by atoms with Gasteiger partial charge < -0.3 is 29.7 Å². The Hall–Kier alpha value is -1.15. The minimum atomic E-state index is -3.39. The Morgan fingerprint density at radius 3 is 2.00 bits per heavy atom. The maximum atomic E-state index is 12.4. The van der Waals surface area contributed by atoms with Crippen LogP contribution in [0.25, 0.3) is 0 Å². The molecule has 22 heavy (non-hydrogen) atoms. The van der Waals surface area contributed by atoms with Crippen molar-refractivity contribution in [1.82, 2.24) is 9.80 Å². The highest BCUT2D eigenvalue weighted by molar-refractivity contribution is 7.53. The monoisotopic (exact) mass is 337 g/mol. The molecule has 1 saturated heterocycles. The molecule has 0 aromatic rings. The molecular formula is C12H24N3O6P. The fraction of sp³-hybridized carbons (Fsp3) is 0.833. The number of carbonyl (C=O) groups is 2. The van der Waals surface area contributed by atoms with Crippen LogP contribution in [0.1, 0.15) is 13.8 Å². The lowest BCUT2D eigenvalue weighted by atomic mass is 10.2. The van der Waals surface area contributed by atoms with Crippen molar-refractivity contribution in [3.05, 3.63) is 0 Å². The SMILES string of the molecule is CCOP(=O)(CC(N)C(=O)N1CCN(C(=O)O)CC1)OCC. The van der Waals surface area contributed by atoms with Crippen LogP contribution in [0.2, 0.25) is 0 Å². The van der Waals surface area contributed by atoms with Gasteiger partial charge in [0.1, 0.15) is 0 Å². The van der Waals surface area contributed by atoms with E-state index < -0.39 is 19.7 Å². The van der Waals surface area contributed by atoms with Crippen molar-refractivity contribution >= 4 is 19.6 Å². The predicted molar refractivity (Wildman–Crippen MR) is 79.9 cm³/mol. The topological polar surface area (TPSA) is 122 Å². The molecule has 0 aromatic carbocycles. The zero-order valence-electron chi connectivity index (χ0n) is 12.9. The molecule has 0 spiro atoms. The quantitative estimate of drug-likeness (QED) is 0.645. The lowest BCUT2D eigenvalue weighted by molar-refractivity contribution is -0.133. The molecule has 10 heteroatoms. The van der Waals surface area contributed by atoms with Crippen LogP contribution in [-0.4, -0.2) is 78.5 Å². The molecule has 9 nitrogen and oxygen atoms in total. The molecule has 3 N–H and O–H groups in total. The molecule has 1 unspecified atom stereocenters. The molecule has 1 fully saturated rings. The number of nitrogens with two attached hydrogens (primary N) is 1. The van der Waals surface area contributed by atoms with Gasteiger partial charge in [-0.3, -0.25) is 9.36 Å². The maximum Gasteiger partial charge on any atom is 0.407 e. The van der Waals surface area contributed by atoms with Gasteiger partial charge in [-0.05, 0) is 13.8 Å². The molecule has 2 amide bonds. The summed E-state index contributed by atoms with van der Waals surface area (Å²) in [6, 6.07) is -1.000. The summed E-state index contributed by atoms with van der Waals surface area (Å²) in [6.45, 7) is 4.79. The van der Waals surface area contributed by atoms with Crippen LogP contribution in [0.15, 0.2) is 0 Å². The van der Waals surface area contributed by atoms with Crippen LogP contribution < -0.4 is 5.73 Å². The summed E-state index contributed by atoms with van der Waals surface area (Å²) in [5, 5.41) is 8.87. The summed E-state index contributed by atoms with van der Waals surface area (Å²) < 4.78 is 22.6. The van der Waals surface area contributed by atoms with Crippen LogP contribution in [0.5, 0.6) is 0 Å². The lowest BCUT2D eigenvalue weighted by Gasteiger charge is -2.34. The van der Waals surface area contributed by atoms with E-state index in [2.05, 4.69) is 0 Å². The van der Waals surface area contributed by atoms with Gasteiger partial charge in [0.05, 0.1) is 25.4 Å². The summed E-state index contributed by atoms with van der Waals surface area (Å²) in [4.78, 5) is 25.8. The average Bonchev–Trinajstić information content (AvgIpc) is 2.46. The number of piperazine rings is 1. The first-order valence-electron chi connectivity index (χ1n) is 7.23. The molecule has 0 aliphatic carbocycles. The molecule has 1 aliphatic rings. The predicted octanol–water partition coefficient (Wildman–Crippen LogP) is 0.402. The van der Waals surface area contributed by atoms with E-state index in [0.717, 1.165) is 0 Å². The lowest BCUT2D eigenvalue weighted by Crippen LogP contribution is -2.54. The first-order chi connectivity index (χ1) is 10.3. The van der Waals surface area contributed by atoms with Crippen LogP contribution in [0.3, 0.4) is 0 Å². The van der Waals surface area contributed by atoms with E-state index >= 15 is 0 Å².